The quantitative estimate of drug-likeness (QED) is 0.757. The zero-order valence-corrected chi connectivity index (χ0v) is 16.9. The zero-order chi connectivity index (χ0) is 20.8. The number of aryl methyl sites for hydroxylation is 1. The molecule has 152 valence electrons. The topological polar surface area (TPSA) is 78.5 Å². The van der Waals surface area contributed by atoms with Crippen molar-refractivity contribution in [2.45, 2.75) is 33.1 Å². The largest absolute Gasteiger partial charge is 0.352 e. The number of hydrogen-bond donors (Lipinski definition) is 2. The van der Waals surface area contributed by atoms with Crippen molar-refractivity contribution in [2.75, 3.05) is 23.3 Å². The predicted molar refractivity (Wildman–Crippen MR) is 114 cm³/mol. The molecule has 0 aliphatic carbocycles. The summed E-state index contributed by atoms with van der Waals surface area (Å²) in [5.41, 5.74) is 2.89. The third kappa shape index (κ3) is 4.83. The standard InChI is InChI=1S/C23H27N3O3/c1-3-13-24-23(29)19-7-5-6-8-20(19)25-22(28)17-14-21(27)26(15-17)18-11-9-16(4-2)10-12-18/h5-12,17H,3-4,13-15H2,1-2H3,(H,24,29)(H,25,28)/t17-/m1/s1. The van der Waals surface area contributed by atoms with Crippen LogP contribution in [0.5, 0.6) is 0 Å². The van der Waals surface area contributed by atoms with Crippen LogP contribution in [0.3, 0.4) is 0 Å². The maximum Gasteiger partial charge on any atom is 0.253 e. The smallest absolute Gasteiger partial charge is 0.253 e. The Morgan fingerprint density at radius 1 is 1.07 bits per heavy atom. The van der Waals surface area contributed by atoms with E-state index in [4.69, 9.17) is 0 Å². The minimum atomic E-state index is -0.458. The van der Waals surface area contributed by atoms with Crippen molar-refractivity contribution < 1.29 is 14.4 Å². The van der Waals surface area contributed by atoms with Crippen LogP contribution in [0.15, 0.2) is 48.5 Å². The van der Waals surface area contributed by atoms with Crippen molar-refractivity contribution in [1.29, 1.82) is 0 Å². The molecule has 1 fully saturated rings. The second-order valence-corrected chi connectivity index (χ2v) is 7.22. The van der Waals surface area contributed by atoms with E-state index in [1.54, 1.807) is 29.2 Å². The van der Waals surface area contributed by atoms with E-state index in [-0.39, 0.29) is 24.1 Å². The van der Waals surface area contributed by atoms with Crippen LogP contribution in [0.2, 0.25) is 0 Å². The Bertz CT molecular complexity index is 892. The molecule has 1 aliphatic rings. The molecule has 1 saturated heterocycles. The van der Waals surface area contributed by atoms with Gasteiger partial charge in [-0.25, -0.2) is 0 Å². The number of anilines is 2. The molecule has 0 saturated carbocycles. The van der Waals surface area contributed by atoms with Crippen LogP contribution in [0.1, 0.15) is 42.6 Å². The average molecular weight is 393 g/mol. The van der Waals surface area contributed by atoms with Crippen LogP contribution in [0.25, 0.3) is 0 Å². The van der Waals surface area contributed by atoms with Crippen LogP contribution < -0.4 is 15.5 Å². The summed E-state index contributed by atoms with van der Waals surface area (Å²) in [7, 11) is 0. The molecule has 0 radical (unpaired) electrons. The first-order chi connectivity index (χ1) is 14.0. The first-order valence-corrected chi connectivity index (χ1v) is 10.1. The van der Waals surface area contributed by atoms with Crippen molar-refractivity contribution >= 4 is 29.1 Å². The summed E-state index contributed by atoms with van der Waals surface area (Å²) in [5.74, 6) is -0.992. The molecule has 2 N–H and O–H groups in total. The van der Waals surface area contributed by atoms with Gasteiger partial charge in [0.05, 0.1) is 17.2 Å². The second-order valence-electron chi connectivity index (χ2n) is 7.22. The van der Waals surface area contributed by atoms with Gasteiger partial charge in [-0.1, -0.05) is 38.1 Å². The summed E-state index contributed by atoms with van der Waals surface area (Å²) in [6, 6.07) is 14.8. The molecule has 6 heteroatoms. The average Bonchev–Trinajstić information content (AvgIpc) is 3.14. The van der Waals surface area contributed by atoms with Gasteiger partial charge in [0, 0.05) is 25.2 Å². The summed E-state index contributed by atoms with van der Waals surface area (Å²) in [5, 5.41) is 5.67. The van der Waals surface area contributed by atoms with E-state index >= 15 is 0 Å². The second kappa shape index (κ2) is 9.37. The molecule has 29 heavy (non-hydrogen) atoms. The lowest BCUT2D eigenvalue weighted by Crippen LogP contribution is -2.29. The van der Waals surface area contributed by atoms with E-state index in [0.717, 1.165) is 18.5 Å². The van der Waals surface area contributed by atoms with Crippen LogP contribution in [0.4, 0.5) is 11.4 Å². The summed E-state index contributed by atoms with van der Waals surface area (Å²) < 4.78 is 0. The van der Waals surface area contributed by atoms with Crippen LogP contribution >= 0.6 is 0 Å². The number of amides is 3. The lowest BCUT2D eigenvalue weighted by atomic mass is 10.1. The van der Waals surface area contributed by atoms with Crippen molar-refractivity contribution in [2.24, 2.45) is 5.92 Å². The number of nitrogens with zero attached hydrogens (tertiary/aromatic N) is 1. The van der Waals surface area contributed by atoms with Crippen molar-refractivity contribution in [3.05, 3.63) is 59.7 Å². The molecule has 2 aromatic rings. The number of carbonyl (C=O) groups excluding carboxylic acids is 3. The van der Waals surface area contributed by atoms with Gasteiger partial charge in [-0.15, -0.1) is 0 Å². The summed E-state index contributed by atoms with van der Waals surface area (Å²) >= 11 is 0. The van der Waals surface area contributed by atoms with Gasteiger partial charge in [0.2, 0.25) is 11.8 Å². The van der Waals surface area contributed by atoms with Crippen LogP contribution in [-0.4, -0.2) is 30.8 Å². The third-order valence-electron chi connectivity index (χ3n) is 5.12. The van der Waals surface area contributed by atoms with E-state index in [0.29, 0.717) is 24.3 Å². The molecular formula is C23H27N3O3. The normalized spacial score (nSPS) is 16.0. The monoisotopic (exact) mass is 393 g/mol. The fraction of sp³-hybridized carbons (Fsp3) is 0.348. The molecule has 0 unspecified atom stereocenters. The minimum absolute atomic E-state index is 0.0663. The molecular weight excluding hydrogens is 366 g/mol. The molecule has 0 aromatic heterocycles. The number of nitrogens with one attached hydrogen (secondary N) is 2. The van der Waals surface area contributed by atoms with E-state index in [2.05, 4.69) is 17.6 Å². The molecule has 1 heterocycles. The lowest BCUT2D eigenvalue weighted by molar-refractivity contribution is -0.122. The fourth-order valence-corrected chi connectivity index (χ4v) is 3.40. The van der Waals surface area contributed by atoms with E-state index in [1.807, 2.05) is 31.2 Å². The van der Waals surface area contributed by atoms with Crippen molar-refractivity contribution in [1.82, 2.24) is 5.32 Å². The Morgan fingerprint density at radius 3 is 2.48 bits per heavy atom. The van der Waals surface area contributed by atoms with Gasteiger partial charge in [0.25, 0.3) is 5.91 Å². The first-order valence-electron chi connectivity index (χ1n) is 10.1. The van der Waals surface area contributed by atoms with Gasteiger partial charge in [0.1, 0.15) is 0 Å². The molecule has 3 amide bonds. The zero-order valence-electron chi connectivity index (χ0n) is 16.9. The molecule has 2 aromatic carbocycles. The molecule has 6 nitrogen and oxygen atoms in total. The predicted octanol–water partition coefficient (Wildman–Crippen LogP) is 3.38. The summed E-state index contributed by atoms with van der Waals surface area (Å²) in [4.78, 5) is 39.3. The highest BCUT2D eigenvalue weighted by molar-refractivity contribution is 6.07. The molecule has 0 bridgehead atoms. The number of para-hydroxylation sites is 1. The number of benzene rings is 2. The summed E-state index contributed by atoms with van der Waals surface area (Å²) in [6.45, 7) is 4.97. The van der Waals surface area contributed by atoms with E-state index < -0.39 is 5.92 Å². The molecule has 1 atom stereocenters. The van der Waals surface area contributed by atoms with E-state index in [1.165, 1.54) is 5.56 Å². The minimum Gasteiger partial charge on any atom is -0.352 e. The SMILES string of the molecule is CCCNC(=O)c1ccccc1NC(=O)[C@@H]1CC(=O)N(c2ccc(CC)cc2)C1. The third-order valence-corrected chi connectivity index (χ3v) is 5.12. The van der Waals surface area contributed by atoms with Gasteiger partial charge in [-0.05, 0) is 42.7 Å². The fourth-order valence-electron chi connectivity index (χ4n) is 3.40. The van der Waals surface area contributed by atoms with Crippen LogP contribution in [-0.2, 0) is 16.0 Å². The molecule has 3 rings (SSSR count). The number of rotatable bonds is 7. The van der Waals surface area contributed by atoms with Crippen LogP contribution in [0, 0.1) is 5.92 Å². The highest BCUT2D eigenvalue weighted by atomic mass is 16.2. The lowest BCUT2D eigenvalue weighted by Gasteiger charge is -2.17. The Balaban J connectivity index is 1.69. The molecule has 0 spiro atoms. The maximum atomic E-state index is 12.8. The van der Waals surface area contributed by atoms with Gasteiger partial charge in [-0.3, -0.25) is 14.4 Å². The van der Waals surface area contributed by atoms with E-state index in [9.17, 15) is 14.4 Å². The number of carbonyl (C=O) groups is 3. The van der Waals surface area contributed by atoms with Crippen molar-refractivity contribution in [3.63, 3.8) is 0 Å². The Hall–Kier alpha value is -3.15. The van der Waals surface area contributed by atoms with Crippen molar-refractivity contribution in [3.8, 4) is 0 Å². The highest BCUT2D eigenvalue weighted by Gasteiger charge is 2.35. The molecule has 1 aliphatic heterocycles. The number of hydrogen-bond acceptors (Lipinski definition) is 3. The Labute approximate surface area is 171 Å². The van der Waals surface area contributed by atoms with Gasteiger partial charge < -0.3 is 15.5 Å². The summed E-state index contributed by atoms with van der Waals surface area (Å²) in [6.07, 6.45) is 1.93. The van der Waals surface area contributed by atoms with Gasteiger partial charge in [0.15, 0.2) is 0 Å². The van der Waals surface area contributed by atoms with Gasteiger partial charge in [-0.2, -0.15) is 0 Å². The maximum absolute atomic E-state index is 12.8. The first kappa shape index (κ1) is 20.6. The van der Waals surface area contributed by atoms with Gasteiger partial charge >= 0.3 is 0 Å². The Morgan fingerprint density at radius 2 is 1.79 bits per heavy atom. The highest BCUT2D eigenvalue weighted by Crippen LogP contribution is 2.27. The Kier molecular flexibility index (Phi) is 6.65.